The third-order valence-corrected chi connectivity index (χ3v) is 3.24. The second-order valence-electron chi connectivity index (χ2n) is 4.94. The minimum absolute atomic E-state index is 0.891. The third-order valence-electron chi connectivity index (χ3n) is 3.24. The van der Waals surface area contributed by atoms with Crippen molar-refractivity contribution in [3.8, 4) is 0 Å². The molecule has 4 nitrogen and oxygen atoms in total. The van der Waals surface area contributed by atoms with Crippen LogP contribution in [0.25, 0.3) is 0 Å². The van der Waals surface area contributed by atoms with Crippen LogP contribution in [0.4, 0.5) is 0 Å². The van der Waals surface area contributed by atoms with Gasteiger partial charge in [0, 0.05) is 6.42 Å². The number of hydrogen-bond donors (Lipinski definition) is 1. The van der Waals surface area contributed by atoms with Crippen LogP contribution >= 0.6 is 0 Å². The fourth-order valence-corrected chi connectivity index (χ4v) is 2.09. The lowest BCUT2D eigenvalue weighted by Gasteiger charge is -2.01. The van der Waals surface area contributed by atoms with Crippen molar-refractivity contribution in [2.75, 3.05) is 0 Å². The van der Waals surface area contributed by atoms with E-state index in [4.69, 9.17) is 0 Å². The third kappa shape index (κ3) is 8.20. The molecule has 1 heterocycles. The Balaban J connectivity index is 1.73. The van der Waals surface area contributed by atoms with Gasteiger partial charge in [-0.1, -0.05) is 64.7 Å². The Morgan fingerprint density at radius 2 is 1.67 bits per heavy atom. The van der Waals surface area contributed by atoms with Crippen LogP contribution in [0.1, 0.15) is 77.0 Å². The number of aromatic nitrogens is 4. The maximum Gasteiger partial charge on any atom is 0.148 e. The van der Waals surface area contributed by atoms with E-state index < -0.39 is 0 Å². The maximum atomic E-state index is 3.86. The van der Waals surface area contributed by atoms with Crippen molar-refractivity contribution < 1.29 is 0 Å². The molecule has 4 heteroatoms. The van der Waals surface area contributed by atoms with Gasteiger partial charge in [0.25, 0.3) is 0 Å². The summed E-state index contributed by atoms with van der Waals surface area (Å²) >= 11 is 0. The molecule has 0 bridgehead atoms. The Morgan fingerprint density at radius 1 is 0.944 bits per heavy atom. The second kappa shape index (κ2) is 11.2. The number of H-pyrrole nitrogens is 1. The Hall–Kier alpha value is -0.930. The highest BCUT2D eigenvalue weighted by Crippen LogP contribution is 2.11. The van der Waals surface area contributed by atoms with E-state index in [2.05, 4.69) is 34.0 Å². The molecule has 0 spiro atoms. The molecule has 0 aliphatic carbocycles. The average molecular weight is 251 g/mol. The molecule has 0 aliphatic rings. The van der Waals surface area contributed by atoms with E-state index in [0.29, 0.717) is 0 Å². The van der Waals surface area contributed by atoms with E-state index in [1.165, 1.54) is 57.8 Å². The first-order chi connectivity index (χ1) is 8.93. The van der Waals surface area contributed by atoms with Crippen molar-refractivity contribution in [3.05, 3.63) is 12.2 Å². The molecule has 18 heavy (non-hydrogen) atoms. The first kappa shape index (κ1) is 15.1. The van der Waals surface area contributed by atoms with Gasteiger partial charge in [0.05, 0.1) is 0 Å². The van der Waals surface area contributed by atoms with Crippen molar-refractivity contribution in [2.45, 2.75) is 77.6 Å². The van der Waals surface area contributed by atoms with Crippen molar-refractivity contribution in [1.82, 2.24) is 20.6 Å². The number of nitrogens with zero attached hydrogens (tertiary/aromatic N) is 3. The summed E-state index contributed by atoms with van der Waals surface area (Å²) in [6.45, 7) is 2.27. The zero-order valence-electron chi connectivity index (χ0n) is 11.7. The van der Waals surface area contributed by atoms with E-state index in [1.807, 2.05) is 0 Å². The van der Waals surface area contributed by atoms with Crippen LogP contribution in [0.5, 0.6) is 0 Å². The summed E-state index contributed by atoms with van der Waals surface area (Å²) in [5.41, 5.74) is 0. The molecule has 0 atom stereocenters. The summed E-state index contributed by atoms with van der Waals surface area (Å²) in [6, 6.07) is 0. The first-order valence-corrected chi connectivity index (χ1v) is 7.47. The van der Waals surface area contributed by atoms with Crippen LogP contribution in [0.3, 0.4) is 0 Å². The van der Waals surface area contributed by atoms with Crippen LogP contribution in [-0.2, 0) is 6.42 Å². The number of unbranched alkanes of at least 4 members (excludes halogenated alkanes) is 10. The van der Waals surface area contributed by atoms with E-state index in [9.17, 15) is 0 Å². The molecule has 1 radical (unpaired) electrons. The lowest BCUT2D eigenvalue weighted by Crippen LogP contribution is -1.90. The average Bonchev–Trinajstić information content (AvgIpc) is 2.89. The van der Waals surface area contributed by atoms with E-state index in [1.54, 1.807) is 0 Å². The lowest BCUT2D eigenvalue weighted by molar-refractivity contribution is 0.571. The van der Waals surface area contributed by atoms with E-state index in [-0.39, 0.29) is 0 Å². The molecule has 1 aromatic rings. The fourth-order valence-electron chi connectivity index (χ4n) is 2.09. The predicted octanol–water partition coefficient (Wildman–Crippen LogP) is 3.87. The summed E-state index contributed by atoms with van der Waals surface area (Å²) in [5, 5.41) is 13.8. The smallest absolute Gasteiger partial charge is 0.148 e. The molecule has 0 amide bonds. The van der Waals surface area contributed by atoms with Crippen molar-refractivity contribution in [3.63, 3.8) is 0 Å². The zero-order chi connectivity index (χ0) is 12.9. The quantitative estimate of drug-likeness (QED) is 0.574. The van der Waals surface area contributed by atoms with Crippen LogP contribution in [0.2, 0.25) is 0 Å². The number of nitrogens with one attached hydrogen (secondary N) is 1. The number of aromatic amines is 1. The Labute approximate surface area is 111 Å². The van der Waals surface area contributed by atoms with Crippen molar-refractivity contribution >= 4 is 0 Å². The van der Waals surface area contributed by atoms with Gasteiger partial charge in [-0.05, 0) is 23.3 Å². The minimum atomic E-state index is 0.891. The molecule has 0 saturated heterocycles. The molecule has 1 aromatic heterocycles. The van der Waals surface area contributed by atoms with E-state index >= 15 is 0 Å². The molecule has 0 saturated carbocycles. The van der Waals surface area contributed by atoms with Crippen molar-refractivity contribution in [1.29, 1.82) is 0 Å². The highest BCUT2D eigenvalue weighted by atomic mass is 15.5. The molecular weight excluding hydrogens is 224 g/mol. The number of hydrogen-bond acceptors (Lipinski definition) is 3. The Kier molecular flexibility index (Phi) is 9.39. The van der Waals surface area contributed by atoms with Gasteiger partial charge < -0.3 is 0 Å². The summed E-state index contributed by atoms with van der Waals surface area (Å²) in [4.78, 5) is 0. The molecule has 1 N–H and O–H groups in total. The largest absolute Gasteiger partial charge is 0.243 e. The fraction of sp³-hybridized carbons (Fsp3) is 0.857. The van der Waals surface area contributed by atoms with Gasteiger partial charge >= 0.3 is 0 Å². The van der Waals surface area contributed by atoms with Crippen LogP contribution < -0.4 is 0 Å². The second-order valence-corrected chi connectivity index (χ2v) is 4.94. The van der Waals surface area contributed by atoms with Gasteiger partial charge in [0.1, 0.15) is 5.82 Å². The molecule has 0 aliphatic heterocycles. The summed E-state index contributed by atoms with van der Waals surface area (Å²) in [5.74, 6) is 0.891. The van der Waals surface area contributed by atoms with Crippen LogP contribution in [-0.4, -0.2) is 20.6 Å². The van der Waals surface area contributed by atoms with Crippen LogP contribution in [0, 0.1) is 6.42 Å². The highest BCUT2D eigenvalue weighted by molar-refractivity contribution is 4.79. The molecule has 0 unspecified atom stereocenters. The predicted molar refractivity (Wildman–Crippen MR) is 74.0 cm³/mol. The van der Waals surface area contributed by atoms with Crippen molar-refractivity contribution in [2.24, 2.45) is 0 Å². The number of tetrazole rings is 1. The summed E-state index contributed by atoms with van der Waals surface area (Å²) < 4.78 is 0. The zero-order valence-corrected chi connectivity index (χ0v) is 11.7. The summed E-state index contributed by atoms with van der Waals surface area (Å²) in [6.07, 6.45) is 16.7. The van der Waals surface area contributed by atoms with E-state index in [0.717, 1.165) is 18.7 Å². The highest BCUT2D eigenvalue weighted by Gasteiger charge is 1.97. The molecule has 0 fully saturated rings. The molecular formula is C14H27N4. The van der Waals surface area contributed by atoms with Gasteiger partial charge in [-0.2, -0.15) is 0 Å². The van der Waals surface area contributed by atoms with Crippen LogP contribution in [0.15, 0.2) is 0 Å². The first-order valence-electron chi connectivity index (χ1n) is 7.47. The molecule has 103 valence electrons. The minimum Gasteiger partial charge on any atom is -0.243 e. The Bertz CT molecular complexity index is 259. The molecule has 1 rings (SSSR count). The maximum absolute atomic E-state index is 3.86. The normalized spacial score (nSPS) is 10.9. The van der Waals surface area contributed by atoms with Gasteiger partial charge in [-0.3, -0.25) is 0 Å². The summed E-state index contributed by atoms with van der Waals surface area (Å²) in [7, 11) is 0. The SMILES string of the molecule is CCCCCCCCCC[CH]CCc1nnn[nH]1. The number of rotatable bonds is 12. The van der Waals surface area contributed by atoms with Gasteiger partial charge in [-0.15, -0.1) is 5.10 Å². The van der Waals surface area contributed by atoms with Gasteiger partial charge in [0.2, 0.25) is 0 Å². The molecule has 0 aromatic carbocycles. The lowest BCUT2D eigenvalue weighted by atomic mass is 10.1. The van der Waals surface area contributed by atoms with Gasteiger partial charge in [0.15, 0.2) is 0 Å². The standard InChI is InChI=1S/C14H27N4/c1-2-3-4-5-6-7-8-9-10-11-12-13-14-15-17-18-16-14/h11H,2-10,12-13H2,1H3,(H,15,16,17,18). The topological polar surface area (TPSA) is 54.5 Å². The van der Waals surface area contributed by atoms with Gasteiger partial charge in [-0.25, -0.2) is 5.10 Å². The Morgan fingerprint density at radius 3 is 2.33 bits per heavy atom. The monoisotopic (exact) mass is 251 g/mol. The number of aryl methyl sites for hydroxylation is 1.